The maximum Gasteiger partial charge on any atom is 0.319 e. The zero-order valence-electron chi connectivity index (χ0n) is 21.1. The van der Waals surface area contributed by atoms with Crippen LogP contribution in [0.25, 0.3) is 5.69 Å². The summed E-state index contributed by atoms with van der Waals surface area (Å²) in [6.07, 6.45) is 4.73. The minimum atomic E-state index is -0.681. The topological polar surface area (TPSA) is 123 Å². The highest BCUT2D eigenvalue weighted by Gasteiger charge is 2.47. The Morgan fingerprint density at radius 3 is 2.53 bits per heavy atom. The first-order valence-corrected chi connectivity index (χ1v) is 12.2. The molecule has 0 bridgehead atoms. The highest BCUT2D eigenvalue weighted by Crippen LogP contribution is 2.46. The molecule has 1 aromatic carbocycles. The number of rotatable bonds is 6. The maximum absolute atomic E-state index is 14.0. The van der Waals surface area contributed by atoms with Gasteiger partial charge in [0.1, 0.15) is 5.69 Å². The van der Waals surface area contributed by atoms with Crippen molar-refractivity contribution < 1.29 is 19.1 Å². The molecule has 192 valence electrons. The van der Waals surface area contributed by atoms with Crippen LogP contribution in [0.5, 0.6) is 11.9 Å². The van der Waals surface area contributed by atoms with Crippen molar-refractivity contribution in [3.63, 3.8) is 0 Å². The van der Waals surface area contributed by atoms with Crippen LogP contribution >= 0.6 is 11.6 Å². The van der Waals surface area contributed by atoms with E-state index < -0.39 is 11.9 Å². The molecule has 10 nitrogen and oxygen atoms in total. The molecule has 5 rings (SSSR count). The van der Waals surface area contributed by atoms with Crippen LogP contribution in [0.4, 0.5) is 0 Å². The van der Waals surface area contributed by atoms with E-state index >= 15 is 0 Å². The van der Waals surface area contributed by atoms with Gasteiger partial charge >= 0.3 is 6.01 Å². The number of fused-ring (bicyclic) bond motifs is 1. The van der Waals surface area contributed by atoms with Gasteiger partial charge < -0.3 is 9.47 Å². The highest BCUT2D eigenvalue weighted by molar-refractivity contribution is 6.32. The maximum atomic E-state index is 14.0. The number of hydrogen-bond donors (Lipinski definition) is 0. The summed E-state index contributed by atoms with van der Waals surface area (Å²) >= 11 is 6.27. The standard InChI is InChI=1S/C27H23ClN6O4/c1-14(2)23-21-22(32-34(23)19-13-30-27(38-4)31-25(19)37-3)26(36)33(18-11-17(28)9-10-20(18)35)24(21)16-7-5-15(12-29)6-8-16/h5-9,11,13-14,24H,10H2,1-4H3. The van der Waals surface area contributed by atoms with Crippen LogP contribution < -0.4 is 9.47 Å². The van der Waals surface area contributed by atoms with Gasteiger partial charge in [0.2, 0.25) is 5.88 Å². The Morgan fingerprint density at radius 1 is 1.16 bits per heavy atom. The molecule has 1 atom stereocenters. The fourth-order valence-corrected chi connectivity index (χ4v) is 4.96. The quantitative estimate of drug-likeness (QED) is 0.464. The third-order valence-corrected chi connectivity index (χ3v) is 6.70. The van der Waals surface area contributed by atoms with Gasteiger partial charge in [-0.05, 0) is 29.7 Å². The summed E-state index contributed by atoms with van der Waals surface area (Å²) in [7, 11) is 2.93. The van der Waals surface area contributed by atoms with Crippen molar-refractivity contribution >= 4 is 23.3 Å². The first-order chi connectivity index (χ1) is 18.3. The third kappa shape index (κ3) is 4.01. The molecule has 3 heterocycles. The number of halogens is 1. The molecule has 2 aliphatic rings. The number of ether oxygens (including phenoxy) is 2. The van der Waals surface area contributed by atoms with Crippen molar-refractivity contribution in [1.82, 2.24) is 24.6 Å². The van der Waals surface area contributed by atoms with E-state index in [4.69, 9.17) is 26.2 Å². The Balaban J connectivity index is 1.77. The number of allylic oxidation sites excluding steroid dienone is 4. The van der Waals surface area contributed by atoms with Crippen molar-refractivity contribution in [3.8, 4) is 23.6 Å². The second-order valence-electron chi connectivity index (χ2n) is 9.02. The van der Waals surface area contributed by atoms with Gasteiger partial charge in [0.05, 0.1) is 49.5 Å². The Labute approximate surface area is 223 Å². The van der Waals surface area contributed by atoms with E-state index in [0.29, 0.717) is 21.8 Å². The fourth-order valence-electron chi connectivity index (χ4n) is 4.78. The molecule has 0 fully saturated rings. The van der Waals surface area contributed by atoms with E-state index in [2.05, 4.69) is 16.0 Å². The molecular formula is C27H23ClN6O4. The Morgan fingerprint density at radius 2 is 1.89 bits per heavy atom. The van der Waals surface area contributed by atoms with E-state index in [1.807, 2.05) is 13.8 Å². The molecule has 11 heteroatoms. The largest absolute Gasteiger partial charge is 0.479 e. The predicted molar refractivity (Wildman–Crippen MR) is 137 cm³/mol. The highest BCUT2D eigenvalue weighted by atomic mass is 35.5. The summed E-state index contributed by atoms with van der Waals surface area (Å²) in [5, 5.41) is 14.4. The summed E-state index contributed by atoms with van der Waals surface area (Å²) in [5.74, 6) is -0.544. The molecule has 1 aliphatic heterocycles. The molecule has 0 radical (unpaired) electrons. The number of methoxy groups -OCH3 is 2. The molecule has 2 aromatic heterocycles. The number of hydrogen-bond acceptors (Lipinski definition) is 8. The van der Waals surface area contributed by atoms with Gasteiger partial charge in [-0.15, -0.1) is 0 Å². The minimum absolute atomic E-state index is 0.0869. The molecule has 1 aliphatic carbocycles. The molecule has 1 unspecified atom stereocenters. The van der Waals surface area contributed by atoms with Crippen LogP contribution in [-0.2, 0) is 4.79 Å². The first-order valence-electron chi connectivity index (χ1n) is 11.8. The molecule has 1 amide bonds. The number of carbonyl (C=O) groups is 2. The summed E-state index contributed by atoms with van der Waals surface area (Å²) in [6, 6.07) is 8.48. The third-order valence-electron chi connectivity index (χ3n) is 6.43. The van der Waals surface area contributed by atoms with Crippen molar-refractivity contribution in [2.24, 2.45) is 0 Å². The van der Waals surface area contributed by atoms with Gasteiger partial charge in [-0.1, -0.05) is 43.7 Å². The van der Waals surface area contributed by atoms with E-state index in [1.54, 1.807) is 35.0 Å². The molecule has 38 heavy (non-hydrogen) atoms. The van der Waals surface area contributed by atoms with Gasteiger partial charge in [-0.3, -0.25) is 14.5 Å². The number of carbonyl (C=O) groups excluding carboxylic acids is 2. The number of nitrogens with zero attached hydrogens (tertiary/aromatic N) is 6. The normalized spacial score (nSPS) is 16.8. The number of Topliss-reactive ketones (excluding diaryl/α,β-unsaturated/α-hetero) is 1. The van der Waals surface area contributed by atoms with Crippen LogP contribution in [0.2, 0.25) is 0 Å². The second kappa shape index (κ2) is 9.76. The van der Waals surface area contributed by atoms with E-state index in [-0.39, 0.29) is 41.4 Å². The molecule has 3 aromatic rings. The molecule has 0 N–H and O–H groups in total. The Hall–Kier alpha value is -4.49. The van der Waals surface area contributed by atoms with Gasteiger partial charge in [0.25, 0.3) is 5.91 Å². The Kier molecular flexibility index (Phi) is 6.46. The van der Waals surface area contributed by atoms with Crippen molar-refractivity contribution in [2.75, 3.05) is 14.2 Å². The molecule has 0 saturated carbocycles. The average Bonchev–Trinajstić information content (AvgIpc) is 3.44. The zero-order chi connectivity index (χ0) is 27.1. The van der Waals surface area contributed by atoms with E-state index in [0.717, 1.165) is 11.3 Å². The van der Waals surface area contributed by atoms with Crippen LogP contribution in [0.1, 0.15) is 65.1 Å². The minimum Gasteiger partial charge on any atom is -0.479 e. The smallest absolute Gasteiger partial charge is 0.319 e. The lowest BCUT2D eigenvalue weighted by molar-refractivity contribution is -0.116. The van der Waals surface area contributed by atoms with Crippen molar-refractivity contribution in [2.45, 2.75) is 32.2 Å². The van der Waals surface area contributed by atoms with Crippen molar-refractivity contribution in [3.05, 3.63) is 81.4 Å². The van der Waals surface area contributed by atoms with Crippen LogP contribution in [0.3, 0.4) is 0 Å². The predicted octanol–water partition coefficient (Wildman–Crippen LogP) is 4.20. The number of nitriles is 1. The second-order valence-corrected chi connectivity index (χ2v) is 9.46. The summed E-state index contributed by atoms with van der Waals surface area (Å²) in [4.78, 5) is 36.9. The average molecular weight is 531 g/mol. The number of amides is 1. The van der Waals surface area contributed by atoms with E-state index in [9.17, 15) is 14.9 Å². The van der Waals surface area contributed by atoms with Gasteiger partial charge in [-0.25, -0.2) is 9.67 Å². The van der Waals surface area contributed by atoms with Gasteiger partial charge in [-0.2, -0.15) is 15.3 Å². The summed E-state index contributed by atoms with van der Waals surface area (Å²) in [5.41, 5.74) is 3.39. The van der Waals surface area contributed by atoms with E-state index in [1.165, 1.54) is 31.4 Å². The Bertz CT molecular complexity index is 1570. The molecular weight excluding hydrogens is 508 g/mol. The number of ketones is 1. The lowest BCUT2D eigenvalue weighted by Crippen LogP contribution is -2.34. The van der Waals surface area contributed by atoms with Gasteiger partial charge in [0, 0.05) is 17.0 Å². The first kappa shape index (κ1) is 25.2. The lowest BCUT2D eigenvalue weighted by atomic mass is 9.93. The molecule has 0 spiro atoms. The summed E-state index contributed by atoms with van der Waals surface area (Å²) < 4.78 is 12.2. The van der Waals surface area contributed by atoms with Crippen LogP contribution in [-0.4, -0.2) is 50.6 Å². The van der Waals surface area contributed by atoms with Crippen LogP contribution in [0.15, 0.2) is 53.3 Å². The number of benzene rings is 1. The molecule has 0 saturated heterocycles. The lowest BCUT2D eigenvalue weighted by Gasteiger charge is -2.30. The monoisotopic (exact) mass is 530 g/mol. The van der Waals surface area contributed by atoms with Gasteiger partial charge in [0.15, 0.2) is 11.5 Å². The SMILES string of the molecule is COc1ncc(-n2nc3c(c2C(C)C)C(c2ccc(C#N)cc2)N(C2=CC(Cl)=CCC2=O)C3=O)c(OC)n1. The number of aromatic nitrogens is 4. The zero-order valence-corrected chi connectivity index (χ0v) is 21.9. The van der Waals surface area contributed by atoms with Crippen molar-refractivity contribution in [1.29, 1.82) is 5.26 Å². The van der Waals surface area contributed by atoms with Crippen LogP contribution in [0, 0.1) is 11.3 Å². The fraction of sp³-hybridized carbons (Fsp3) is 0.259. The summed E-state index contributed by atoms with van der Waals surface area (Å²) in [6.45, 7) is 3.97.